The first-order chi connectivity index (χ1) is 36.2. The predicted octanol–water partition coefficient (Wildman–Crippen LogP) is 19.1. The molecule has 0 radical (unpaired) electrons. The quantitative estimate of drug-likeness (QED) is 0.156. The zero-order chi connectivity index (χ0) is 47.8. The van der Waals surface area contributed by atoms with Crippen LogP contribution in [0, 0.1) is 0 Å². The summed E-state index contributed by atoms with van der Waals surface area (Å²) in [5, 5.41) is 7.63. The molecule has 0 unspecified atom stereocenters. The van der Waals surface area contributed by atoms with Crippen LogP contribution in [-0.4, -0.2) is 0 Å². The number of anilines is 3. The van der Waals surface area contributed by atoms with E-state index in [0.29, 0.717) is 0 Å². The van der Waals surface area contributed by atoms with Crippen LogP contribution >= 0.6 is 0 Å². The van der Waals surface area contributed by atoms with Gasteiger partial charge in [-0.15, -0.1) is 0 Å². The maximum absolute atomic E-state index is 2.63. The molecule has 0 atom stereocenters. The summed E-state index contributed by atoms with van der Waals surface area (Å²) in [6.45, 7) is 0. The van der Waals surface area contributed by atoms with Crippen molar-refractivity contribution < 1.29 is 0 Å². The number of hydrogen-bond acceptors (Lipinski definition) is 1. The predicted molar refractivity (Wildman–Crippen MR) is 305 cm³/mol. The summed E-state index contributed by atoms with van der Waals surface area (Å²) in [4.78, 5) is 2.63. The number of benzene rings is 12. The standard InChI is InChI=1S/C72H49N/c1-2-19-46(20-3-1)47-21-18-22-48(41-47)60-44-63-59-30-11-15-34-68(59)72(66-32-13-9-27-56(66)57-28-10-14-33-67(57)72)69(63)45-70(60)73(50-36-38-65-62(43-50)58-29-8-12-31-64(58)71(65)39-16-17-40-71)49-35-37-55-53-25-5-4-23-51(53)52-24-6-7-26-54(52)61(55)42-49/h1-15,18-38,41-45H,16-17,39-40H2. The average Bonchev–Trinajstić information content (AvgIpc) is 4.29. The van der Waals surface area contributed by atoms with Crippen LogP contribution in [0.25, 0.3) is 88.0 Å². The number of nitrogens with zero attached hydrogens (tertiary/aromatic N) is 1. The van der Waals surface area contributed by atoms with E-state index in [4.69, 9.17) is 0 Å². The maximum Gasteiger partial charge on any atom is 0.0726 e. The van der Waals surface area contributed by atoms with E-state index in [1.807, 2.05) is 0 Å². The summed E-state index contributed by atoms with van der Waals surface area (Å²) in [6, 6.07) is 94.9. The lowest BCUT2D eigenvalue weighted by Crippen LogP contribution is -2.26. The molecule has 1 fully saturated rings. The molecule has 0 N–H and O–H groups in total. The van der Waals surface area contributed by atoms with Gasteiger partial charge in [0, 0.05) is 22.4 Å². The average molecular weight is 928 g/mol. The SMILES string of the molecule is c1ccc(-c2cccc(-c3cc4c(cc3N(c3ccc5c(c3)-c3ccccc3C53CCCC3)c3ccc5c6ccccc6c6ccccc6c5c3)C3(c5ccccc5-c5ccccc53)c3ccccc3-4)c2)cc1. The van der Waals surface area contributed by atoms with E-state index in [0.717, 1.165) is 17.1 Å². The molecule has 1 saturated carbocycles. The van der Waals surface area contributed by atoms with Gasteiger partial charge in [0.05, 0.1) is 11.1 Å². The molecule has 73 heavy (non-hydrogen) atoms. The Morgan fingerprint density at radius 1 is 0.260 bits per heavy atom. The fourth-order valence-electron chi connectivity index (χ4n) is 14.6. The normalized spacial score (nSPS) is 14.8. The van der Waals surface area contributed by atoms with Gasteiger partial charge in [0.15, 0.2) is 0 Å². The van der Waals surface area contributed by atoms with Crippen LogP contribution in [0.1, 0.15) is 59.1 Å². The smallest absolute Gasteiger partial charge is 0.0726 e. The molecule has 0 amide bonds. The molecule has 0 heterocycles. The van der Waals surface area contributed by atoms with Gasteiger partial charge in [-0.2, -0.15) is 0 Å². The van der Waals surface area contributed by atoms with Crippen LogP contribution in [0.5, 0.6) is 0 Å². The van der Waals surface area contributed by atoms with Crippen molar-refractivity contribution in [1.82, 2.24) is 0 Å². The molecule has 4 aliphatic rings. The lowest BCUT2D eigenvalue weighted by Gasteiger charge is -2.34. The van der Waals surface area contributed by atoms with Crippen LogP contribution in [0.4, 0.5) is 17.1 Å². The van der Waals surface area contributed by atoms with E-state index in [-0.39, 0.29) is 5.41 Å². The van der Waals surface area contributed by atoms with Crippen LogP contribution < -0.4 is 4.90 Å². The minimum Gasteiger partial charge on any atom is -0.310 e. The Hall–Kier alpha value is -8.78. The molecule has 12 aromatic carbocycles. The van der Waals surface area contributed by atoms with Crippen molar-refractivity contribution in [2.75, 3.05) is 4.90 Å². The van der Waals surface area contributed by atoms with Gasteiger partial charge < -0.3 is 4.90 Å². The second-order valence-electron chi connectivity index (χ2n) is 21.0. The Morgan fingerprint density at radius 3 is 1.36 bits per heavy atom. The van der Waals surface area contributed by atoms with E-state index < -0.39 is 5.41 Å². The largest absolute Gasteiger partial charge is 0.310 e. The first-order valence-corrected chi connectivity index (χ1v) is 26.2. The Balaban J connectivity index is 1.04. The fraction of sp³-hybridized carbons (Fsp3) is 0.0833. The summed E-state index contributed by atoms with van der Waals surface area (Å²) in [6.07, 6.45) is 4.92. The molecular weight excluding hydrogens is 879 g/mol. The van der Waals surface area contributed by atoms with E-state index in [9.17, 15) is 0 Å². The molecule has 0 saturated heterocycles. The molecule has 16 rings (SSSR count). The maximum atomic E-state index is 2.63. The van der Waals surface area contributed by atoms with Gasteiger partial charge in [0.25, 0.3) is 0 Å². The molecule has 4 aliphatic carbocycles. The van der Waals surface area contributed by atoms with Crippen LogP contribution in [0.2, 0.25) is 0 Å². The van der Waals surface area contributed by atoms with E-state index in [2.05, 4.69) is 254 Å². The van der Waals surface area contributed by atoms with Gasteiger partial charge in [-0.05, 0) is 171 Å². The zero-order valence-corrected chi connectivity index (χ0v) is 40.4. The molecule has 0 aromatic heterocycles. The fourth-order valence-corrected chi connectivity index (χ4v) is 14.6. The lowest BCUT2D eigenvalue weighted by atomic mass is 9.70. The lowest BCUT2D eigenvalue weighted by molar-refractivity contribution is 0.550. The zero-order valence-electron chi connectivity index (χ0n) is 40.4. The van der Waals surface area contributed by atoms with Crippen molar-refractivity contribution in [3.05, 3.63) is 282 Å². The highest BCUT2D eigenvalue weighted by molar-refractivity contribution is 6.26. The molecule has 1 nitrogen and oxygen atoms in total. The van der Waals surface area contributed by atoms with Gasteiger partial charge in [0.2, 0.25) is 0 Å². The first-order valence-electron chi connectivity index (χ1n) is 26.2. The van der Waals surface area contributed by atoms with Crippen molar-refractivity contribution in [3.8, 4) is 55.6 Å². The molecule has 342 valence electrons. The first kappa shape index (κ1) is 40.9. The number of fused-ring (bicyclic) bond motifs is 21. The highest BCUT2D eigenvalue weighted by atomic mass is 15.1. The third kappa shape index (κ3) is 5.57. The Morgan fingerprint density at radius 2 is 0.712 bits per heavy atom. The Labute approximate surface area is 426 Å². The van der Waals surface area contributed by atoms with Crippen LogP contribution in [-0.2, 0) is 10.8 Å². The molecule has 0 aliphatic heterocycles. The van der Waals surface area contributed by atoms with Gasteiger partial charge in [0.1, 0.15) is 0 Å². The summed E-state index contributed by atoms with van der Waals surface area (Å²) in [7, 11) is 0. The van der Waals surface area contributed by atoms with Crippen molar-refractivity contribution >= 4 is 49.4 Å². The molecule has 1 heteroatoms. The second kappa shape index (κ2) is 15.4. The number of rotatable bonds is 5. The monoisotopic (exact) mass is 927 g/mol. The molecule has 12 aromatic rings. The van der Waals surface area contributed by atoms with Crippen molar-refractivity contribution in [3.63, 3.8) is 0 Å². The van der Waals surface area contributed by atoms with Gasteiger partial charge >= 0.3 is 0 Å². The Bertz CT molecular complexity index is 4200. The summed E-state index contributed by atoms with van der Waals surface area (Å²) >= 11 is 0. The van der Waals surface area contributed by atoms with E-state index in [1.165, 1.54) is 147 Å². The third-order valence-corrected chi connectivity index (χ3v) is 17.6. The topological polar surface area (TPSA) is 3.24 Å². The third-order valence-electron chi connectivity index (χ3n) is 17.6. The summed E-state index contributed by atoms with van der Waals surface area (Å²) in [5.74, 6) is 0. The molecule has 2 spiro atoms. The highest BCUT2D eigenvalue weighted by Crippen LogP contribution is 2.65. The second-order valence-corrected chi connectivity index (χ2v) is 21.0. The number of hydrogen-bond donors (Lipinski definition) is 0. The van der Waals surface area contributed by atoms with E-state index in [1.54, 1.807) is 0 Å². The summed E-state index contributed by atoms with van der Waals surface area (Å²) in [5.41, 5.74) is 24.1. The minimum atomic E-state index is -0.520. The minimum absolute atomic E-state index is 0.0657. The van der Waals surface area contributed by atoms with Crippen LogP contribution in [0.3, 0.4) is 0 Å². The van der Waals surface area contributed by atoms with E-state index >= 15 is 0 Å². The molecular formula is C72H49N. The Kier molecular flexibility index (Phi) is 8.61. The highest BCUT2D eigenvalue weighted by Gasteiger charge is 2.52. The van der Waals surface area contributed by atoms with Crippen molar-refractivity contribution in [1.29, 1.82) is 0 Å². The van der Waals surface area contributed by atoms with Crippen molar-refractivity contribution in [2.24, 2.45) is 0 Å². The molecule has 0 bridgehead atoms. The van der Waals surface area contributed by atoms with Crippen molar-refractivity contribution in [2.45, 2.75) is 36.5 Å². The van der Waals surface area contributed by atoms with Gasteiger partial charge in [-0.3, -0.25) is 0 Å². The van der Waals surface area contributed by atoms with Gasteiger partial charge in [-0.1, -0.05) is 219 Å². The van der Waals surface area contributed by atoms with Gasteiger partial charge in [-0.25, -0.2) is 0 Å². The summed E-state index contributed by atoms with van der Waals surface area (Å²) < 4.78 is 0. The van der Waals surface area contributed by atoms with Crippen LogP contribution in [0.15, 0.2) is 249 Å².